The van der Waals surface area contributed by atoms with Crippen LogP contribution in [0.2, 0.25) is 0 Å². The van der Waals surface area contributed by atoms with Crippen molar-refractivity contribution in [3.05, 3.63) is 29.8 Å². The summed E-state index contributed by atoms with van der Waals surface area (Å²) < 4.78 is 5.89. The zero-order valence-corrected chi connectivity index (χ0v) is 11.7. The summed E-state index contributed by atoms with van der Waals surface area (Å²) in [4.78, 5) is 4.89. The van der Waals surface area contributed by atoms with Crippen molar-refractivity contribution in [3.63, 3.8) is 0 Å². The van der Waals surface area contributed by atoms with Crippen molar-refractivity contribution in [1.29, 1.82) is 0 Å². The third-order valence-corrected chi connectivity index (χ3v) is 4.56. The fourth-order valence-electron chi connectivity index (χ4n) is 3.08. The number of rotatable bonds is 1. The van der Waals surface area contributed by atoms with Gasteiger partial charge in [0.05, 0.1) is 12.1 Å². The predicted molar refractivity (Wildman–Crippen MR) is 76.3 cm³/mol. The second-order valence-corrected chi connectivity index (χ2v) is 5.77. The van der Waals surface area contributed by atoms with Gasteiger partial charge in [0.25, 0.3) is 0 Å². The Hall–Kier alpha value is -1.10. The molecule has 1 fully saturated rings. The molecule has 1 aromatic rings. The number of ether oxygens (including phenoxy) is 1. The zero-order valence-electron chi connectivity index (χ0n) is 11.7. The molecule has 2 aliphatic rings. The first-order valence-corrected chi connectivity index (χ1v) is 7.08. The molecule has 3 atom stereocenters. The molecule has 0 aliphatic carbocycles. The fourth-order valence-corrected chi connectivity index (χ4v) is 3.08. The normalized spacial score (nSPS) is 32.7. The van der Waals surface area contributed by atoms with Crippen LogP contribution in [0, 0.1) is 0 Å². The number of benzene rings is 1. The molecule has 3 unspecified atom stereocenters. The molecular weight excluding hydrogens is 238 g/mol. The molecule has 3 rings (SSSR count). The highest BCUT2D eigenvalue weighted by molar-refractivity contribution is 5.38. The summed E-state index contributed by atoms with van der Waals surface area (Å²) in [5.41, 5.74) is 7.61. The van der Waals surface area contributed by atoms with Crippen LogP contribution >= 0.6 is 0 Å². The lowest BCUT2D eigenvalue weighted by Gasteiger charge is -2.45. The maximum absolute atomic E-state index is 6.47. The van der Waals surface area contributed by atoms with E-state index in [1.807, 2.05) is 18.2 Å². The van der Waals surface area contributed by atoms with Gasteiger partial charge in [0, 0.05) is 31.2 Å². The summed E-state index contributed by atoms with van der Waals surface area (Å²) in [6, 6.07) is 9.08. The highest BCUT2D eigenvalue weighted by atomic mass is 16.5. The monoisotopic (exact) mass is 261 g/mol. The van der Waals surface area contributed by atoms with Gasteiger partial charge in [-0.05, 0) is 20.0 Å². The van der Waals surface area contributed by atoms with Gasteiger partial charge in [-0.2, -0.15) is 0 Å². The summed E-state index contributed by atoms with van der Waals surface area (Å²) >= 11 is 0. The zero-order chi connectivity index (χ0) is 13.4. The average Bonchev–Trinajstić information content (AvgIpc) is 2.43. The number of likely N-dealkylation sites (N-methyl/N-ethyl adjacent to an activating group) is 1. The Kier molecular flexibility index (Phi) is 3.48. The Morgan fingerprint density at radius 3 is 2.84 bits per heavy atom. The van der Waals surface area contributed by atoms with E-state index in [1.54, 1.807) is 0 Å². The standard InChI is InChI=1S/C15H23N3O/c1-11-9-18(8-7-17(11)2)13-10-19-14-6-4-3-5-12(14)15(13)16/h3-6,11,13,15H,7-10,16H2,1-2H3. The van der Waals surface area contributed by atoms with E-state index in [2.05, 4.69) is 29.8 Å². The largest absolute Gasteiger partial charge is 0.492 e. The van der Waals surface area contributed by atoms with Crippen molar-refractivity contribution < 1.29 is 4.74 Å². The molecule has 0 radical (unpaired) electrons. The highest BCUT2D eigenvalue weighted by Crippen LogP contribution is 2.33. The number of fused-ring (bicyclic) bond motifs is 1. The Morgan fingerprint density at radius 2 is 2.05 bits per heavy atom. The van der Waals surface area contributed by atoms with Gasteiger partial charge >= 0.3 is 0 Å². The van der Waals surface area contributed by atoms with Crippen LogP contribution < -0.4 is 10.5 Å². The second kappa shape index (κ2) is 5.12. The number of nitrogens with zero attached hydrogens (tertiary/aromatic N) is 2. The Morgan fingerprint density at radius 1 is 1.26 bits per heavy atom. The van der Waals surface area contributed by atoms with Crippen LogP contribution in [0.1, 0.15) is 18.5 Å². The van der Waals surface area contributed by atoms with Crippen LogP contribution in [0.15, 0.2) is 24.3 Å². The molecule has 4 heteroatoms. The van der Waals surface area contributed by atoms with E-state index in [9.17, 15) is 0 Å². The van der Waals surface area contributed by atoms with E-state index >= 15 is 0 Å². The summed E-state index contributed by atoms with van der Waals surface area (Å²) in [6.07, 6.45) is 0. The van der Waals surface area contributed by atoms with Gasteiger partial charge in [-0.3, -0.25) is 4.90 Å². The first-order valence-electron chi connectivity index (χ1n) is 7.08. The number of hydrogen-bond donors (Lipinski definition) is 1. The Labute approximate surface area is 115 Å². The molecular formula is C15H23N3O. The van der Waals surface area contributed by atoms with Crippen molar-refractivity contribution in [3.8, 4) is 5.75 Å². The fraction of sp³-hybridized carbons (Fsp3) is 0.600. The van der Waals surface area contributed by atoms with Crippen LogP contribution in [0.25, 0.3) is 0 Å². The minimum Gasteiger partial charge on any atom is -0.492 e. The molecule has 1 aromatic carbocycles. The Balaban J connectivity index is 1.77. The first-order chi connectivity index (χ1) is 9.16. The second-order valence-electron chi connectivity index (χ2n) is 5.77. The van der Waals surface area contributed by atoms with E-state index in [0.29, 0.717) is 18.7 Å². The Bertz CT molecular complexity index is 451. The van der Waals surface area contributed by atoms with Crippen LogP contribution in [-0.2, 0) is 0 Å². The van der Waals surface area contributed by atoms with E-state index in [1.165, 1.54) is 0 Å². The lowest BCUT2D eigenvalue weighted by molar-refractivity contribution is 0.0331. The van der Waals surface area contributed by atoms with Gasteiger partial charge in [-0.15, -0.1) is 0 Å². The minimum absolute atomic E-state index is 0.0561. The quantitative estimate of drug-likeness (QED) is 0.821. The van der Waals surface area contributed by atoms with Gasteiger partial charge in [0.2, 0.25) is 0 Å². The predicted octanol–water partition coefficient (Wildman–Crippen LogP) is 1.08. The van der Waals surface area contributed by atoms with Crippen molar-refractivity contribution in [2.75, 3.05) is 33.3 Å². The molecule has 19 heavy (non-hydrogen) atoms. The van der Waals surface area contributed by atoms with E-state index in [-0.39, 0.29) is 6.04 Å². The molecule has 2 N–H and O–H groups in total. The maximum Gasteiger partial charge on any atom is 0.124 e. The van der Waals surface area contributed by atoms with Crippen LogP contribution in [-0.4, -0.2) is 55.2 Å². The number of hydrogen-bond acceptors (Lipinski definition) is 4. The molecule has 1 saturated heterocycles. The summed E-state index contributed by atoms with van der Waals surface area (Å²) in [7, 11) is 2.19. The van der Waals surface area contributed by atoms with Crippen LogP contribution in [0.3, 0.4) is 0 Å². The molecule has 104 valence electrons. The molecule has 2 heterocycles. The third-order valence-electron chi connectivity index (χ3n) is 4.56. The van der Waals surface area contributed by atoms with Gasteiger partial charge in [0.1, 0.15) is 12.4 Å². The van der Waals surface area contributed by atoms with Crippen molar-refractivity contribution in [2.24, 2.45) is 5.73 Å². The van der Waals surface area contributed by atoms with Crippen molar-refractivity contribution in [1.82, 2.24) is 9.80 Å². The van der Waals surface area contributed by atoms with Gasteiger partial charge in [0.15, 0.2) is 0 Å². The smallest absolute Gasteiger partial charge is 0.124 e. The highest BCUT2D eigenvalue weighted by Gasteiger charge is 2.35. The molecule has 0 amide bonds. The average molecular weight is 261 g/mol. The maximum atomic E-state index is 6.47. The molecule has 2 aliphatic heterocycles. The molecule has 0 spiro atoms. The van der Waals surface area contributed by atoms with E-state index in [4.69, 9.17) is 10.5 Å². The lowest BCUT2D eigenvalue weighted by atomic mass is 9.95. The third kappa shape index (κ3) is 2.36. The van der Waals surface area contributed by atoms with E-state index in [0.717, 1.165) is 30.9 Å². The number of piperazine rings is 1. The SMILES string of the molecule is CC1CN(C2COc3ccccc3C2N)CCN1C. The van der Waals surface area contributed by atoms with Gasteiger partial charge in [-0.1, -0.05) is 18.2 Å². The van der Waals surface area contributed by atoms with Gasteiger partial charge < -0.3 is 15.4 Å². The lowest BCUT2D eigenvalue weighted by Crippen LogP contribution is -2.58. The number of nitrogens with two attached hydrogens (primary N) is 1. The topological polar surface area (TPSA) is 41.7 Å². The van der Waals surface area contributed by atoms with E-state index < -0.39 is 0 Å². The van der Waals surface area contributed by atoms with Crippen LogP contribution in [0.4, 0.5) is 0 Å². The van der Waals surface area contributed by atoms with Crippen molar-refractivity contribution >= 4 is 0 Å². The first kappa shape index (κ1) is 12.9. The summed E-state index contributed by atoms with van der Waals surface area (Å²) in [5.74, 6) is 0.952. The molecule has 0 saturated carbocycles. The van der Waals surface area contributed by atoms with Crippen LogP contribution in [0.5, 0.6) is 5.75 Å². The summed E-state index contributed by atoms with van der Waals surface area (Å²) in [5, 5.41) is 0. The molecule has 4 nitrogen and oxygen atoms in total. The molecule has 0 aromatic heterocycles. The van der Waals surface area contributed by atoms with Gasteiger partial charge in [-0.25, -0.2) is 0 Å². The minimum atomic E-state index is 0.0561. The van der Waals surface area contributed by atoms with Crippen molar-refractivity contribution in [2.45, 2.75) is 25.0 Å². The molecule has 0 bridgehead atoms. The number of para-hydroxylation sites is 1. The summed E-state index contributed by atoms with van der Waals surface area (Å²) in [6.45, 7) is 6.22.